The molecule has 0 bridgehead atoms. The van der Waals surface area contributed by atoms with Gasteiger partial charge in [-0.1, -0.05) is 135 Å². The summed E-state index contributed by atoms with van der Waals surface area (Å²) in [5, 5.41) is 8.57. The molecule has 0 aliphatic heterocycles. The third kappa shape index (κ3) is 44.1. The molecule has 0 unspecified atom stereocenters. The second-order valence-corrected chi connectivity index (χ2v) is 9.75. The highest BCUT2D eigenvalue weighted by Crippen LogP contribution is 2.25. The van der Waals surface area contributed by atoms with Crippen LogP contribution in [0.2, 0.25) is 0 Å². The van der Waals surface area contributed by atoms with Gasteiger partial charge in [0.15, 0.2) is 0 Å². The van der Waals surface area contributed by atoms with Gasteiger partial charge in [0, 0.05) is 6.42 Å². The smallest absolute Gasteiger partial charge is 0.466 e. The van der Waals surface area contributed by atoms with Crippen LogP contribution in [0.4, 0.5) is 0 Å². The predicted molar refractivity (Wildman–Crippen MR) is 129 cm³/mol. The summed E-state index contributed by atoms with van der Waals surface area (Å²) >= 11 is 0. The van der Waals surface area contributed by atoms with Crippen molar-refractivity contribution in [1.29, 1.82) is 0 Å². The van der Waals surface area contributed by atoms with Crippen molar-refractivity contribution in [1.82, 2.24) is 0 Å². The van der Waals surface area contributed by atoms with Crippen molar-refractivity contribution in [3.8, 4) is 0 Å². The van der Waals surface area contributed by atoms with E-state index in [4.69, 9.17) is 24.4 Å². The van der Waals surface area contributed by atoms with Crippen molar-refractivity contribution in [2.24, 2.45) is 0 Å². The Bertz CT molecular complexity index is 403. The van der Waals surface area contributed by atoms with Gasteiger partial charge >= 0.3 is 13.8 Å². The third-order valence-electron chi connectivity index (χ3n) is 5.49. The summed E-state index contributed by atoms with van der Waals surface area (Å²) < 4.78 is 8.88. The zero-order chi connectivity index (χ0) is 23.6. The van der Waals surface area contributed by atoms with Crippen molar-refractivity contribution in [2.45, 2.75) is 148 Å². The number of hydrogen-bond donors (Lipinski definition) is 4. The quantitative estimate of drug-likeness (QED) is 0.0957. The molecule has 0 atom stereocenters. The van der Waals surface area contributed by atoms with Crippen molar-refractivity contribution in [2.75, 3.05) is 0 Å². The van der Waals surface area contributed by atoms with Gasteiger partial charge in [-0.2, -0.15) is 0 Å². The Morgan fingerprint density at radius 3 is 0.903 bits per heavy atom. The molecular formula is C24H51O6P. The third-order valence-corrected chi connectivity index (χ3v) is 5.49. The van der Waals surface area contributed by atoms with E-state index >= 15 is 0 Å². The van der Waals surface area contributed by atoms with E-state index in [0.29, 0.717) is 6.42 Å². The van der Waals surface area contributed by atoms with Gasteiger partial charge in [-0.05, 0) is 6.42 Å². The van der Waals surface area contributed by atoms with Crippen LogP contribution in [0.3, 0.4) is 0 Å². The fourth-order valence-corrected chi connectivity index (χ4v) is 3.71. The van der Waals surface area contributed by atoms with Crippen LogP contribution in [0.1, 0.15) is 148 Å². The van der Waals surface area contributed by atoms with Gasteiger partial charge in [-0.25, -0.2) is 4.57 Å². The minimum Gasteiger partial charge on any atom is -0.481 e. The van der Waals surface area contributed by atoms with Crippen LogP contribution in [-0.4, -0.2) is 25.8 Å². The minimum absolute atomic E-state index is 0.346. The Labute approximate surface area is 191 Å². The number of carbonyl (C=O) groups is 1. The second-order valence-electron chi connectivity index (χ2n) is 8.73. The van der Waals surface area contributed by atoms with E-state index in [0.717, 1.165) is 12.8 Å². The summed E-state index contributed by atoms with van der Waals surface area (Å²) in [6.07, 6.45) is 29.1. The molecule has 0 saturated carbocycles. The number of aliphatic carboxylic acids is 1. The summed E-state index contributed by atoms with van der Waals surface area (Å²) in [5.74, 6) is -0.650. The highest BCUT2D eigenvalue weighted by Gasteiger charge is 2.00. The van der Waals surface area contributed by atoms with E-state index in [1.165, 1.54) is 122 Å². The largest absolute Gasteiger partial charge is 0.481 e. The molecule has 0 fully saturated rings. The van der Waals surface area contributed by atoms with Crippen LogP contribution in [0.25, 0.3) is 0 Å². The molecule has 31 heavy (non-hydrogen) atoms. The lowest BCUT2D eigenvalue weighted by atomic mass is 10.0. The van der Waals surface area contributed by atoms with Gasteiger partial charge in [0.25, 0.3) is 0 Å². The molecule has 0 aliphatic carbocycles. The van der Waals surface area contributed by atoms with Crippen molar-refractivity contribution in [3.63, 3.8) is 0 Å². The lowest BCUT2D eigenvalue weighted by Gasteiger charge is -2.04. The number of carboxylic acid groups (broad SMARTS) is 1. The summed E-state index contributed by atoms with van der Waals surface area (Å²) in [5.41, 5.74) is 0. The summed E-state index contributed by atoms with van der Waals surface area (Å²) in [4.78, 5) is 32.0. The molecule has 6 nitrogen and oxygen atoms in total. The van der Waals surface area contributed by atoms with E-state index in [2.05, 4.69) is 6.92 Å². The lowest BCUT2D eigenvalue weighted by molar-refractivity contribution is -0.137. The van der Waals surface area contributed by atoms with E-state index < -0.39 is 13.8 Å². The maximum atomic E-state index is 10.4. The number of phosphoric acid groups is 1. The molecule has 0 saturated heterocycles. The molecule has 0 aromatic rings. The minimum atomic E-state index is -4.64. The monoisotopic (exact) mass is 466 g/mol. The first kappa shape index (κ1) is 32.8. The molecule has 0 aliphatic rings. The van der Waals surface area contributed by atoms with Gasteiger partial charge in [-0.15, -0.1) is 0 Å². The number of rotatable bonds is 22. The molecule has 188 valence electrons. The van der Waals surface area contributed by atoms with Crippen molar-refractivity contribution < 1.29 is 29.1 Å². The first-order chi connectivity index (χ1) is 14.8. The van der Waals surface area contributed by atoms with E-state index in [1.54, 1.807) is 0 Å². The molecule has 4 N–H and O–H groups in total. The van der Waals surface area contributed by atoms with E-state index in [1.807, 2.05) is 0 Å². The van der Waals surface area contributed by atoms with Crippen molar-refractivity contribution >= 4 is 13.8 Å². The van der Waals surface area contributed by atoms with Crippen LogP contribution in [0, 0.1) is 0 Å². The van der Waals surface area contributed by atoms with Crippen LogP contribution in [-0.2, 0) is 9.36 Å². The average molecular weight is 467 g/mol. The second kappa shape index (κ2) is 25.8. The molecule has 0 radical (unpaired) electrons. The SMILES string of the molecule is CCCCCCCCCCCCCCCCCCCCCCCC(=O)O.O=P(O)(O)O. The van der Waals surface area contributed by atoms with Crippen LogP contribution < -0.4 is 0 Å². The molecule has 0 rings (SSSR count). The fraction of sp³-hybridized carbons (Fsp3) is 0.958. The Kier molecular flexibility index (Phi) is 27.3. The van der Waals surface area contributed by atoms with Gasteiger partial charge in [0.05, 0.1) is 0 Å². The molecule has 0 heterocycles. The van der Waals surface area contributed by atoms with Gasteiger partial charge in [0.2, 0.25) is 0 Å². The Morgan fingerprint density at radius 2 is 0.710 bits per heavy atom. The normalized spacial score (nSPS) is 11.2. The number of carboxylic acids is 1. The summed E-state index contributed by atoms with van der Waals surface area (Å²) in [7, 11) is -4.64. The Balaban J connectivity index is 0. The molecule has 0 aromatic carbocycles. The standard InChI is InChI=1S/C24H48O2.H3O4P/c1-2-3-4-5-6-7-8-9-10-11-12-13-14-15-16-17-18-19-20-21-22-23-24(25)26;1-5(2,3)4/h2-23H2,1H3,(H,25,26);(H3,1,2,3,4). The fourth-order valence-electron chi connectivity index (χ4n) is 3.71. The van der Waals surface area contributed by atoms with Gasteiger partial charge in [0.1, 0.15) is 0 Å². The molecular weight excluding hydrogens is 415 g/mol. The maximum absolute atomic E-state index is 10.4. The van der Waals surface area contributed by atoms with E-state index in [-0.39, 0.29) is 0 Å². The summed E-state index contributed by atoms with van der Waals surface area (Å²) in [6.45, 7) is 2.29. The van der Waals surface area contributed by atoms with Gasteiger partial charge < -0.3 is 19.8 Å². The maximum Gasteiger partial charge on any atom is 0.466 e. The van der Waals surface area contributed by atoms with Crippen LogP contribution >= 0.6 is 7.82 Å². The molecule has 0 spiro atoms. The first-order valence-corrected chi connectivity index (χ1v) is 14.3. The summed E-state index contributed by atoms with van der Waals surface area (Å²) in [6, 6.07) is 0. The topological polar surface area (TPSA) is 115 Å². The average Bonchev–Trinajstić information content (AvgIpc) is 2.67. The van der Waals surface area contributed by atoms with Crippen LogP contribution in [0.5, 0.6) is 0 Å². The zero-order valence-electron chi connectivity index (χ0n) is 20.1. The highest BCUT2D eigenvalue weighted by atomic mass is 31.2. The molecule has 0 aromatic heterocycles. The zero-order valence-corrected chi connectivity index (χ0v) is 21.0. The Hall–Kier alpha value is -0.420. The highest BCUT2D eigenvalue weighted by molar-refractivity contribution is 7.45. The lowest BCUT2D eigenvalue weighted by Crippen LogP contribution is -1.93. The molecule has 0 amide bonds. The predicted octanol–water partition coefficient (Wildman–Crippen LogP) is 7.74. The number of unbranched alkanes of at least 4 members (excludes halogenated alkanes) is 20. The molecule has 7 heteroatoms. The number of hydrogen-bond acceptors (Lipinski definition) is 2. The van der Waals surface area contributed by atoms with Crippen molar-refractivity contribution in [3.05, 3.63) is 0 Å². The van der Waals surface area contributed by atoms with E-state index in [9.17, 15) is 4.79 Å². The van der Waals surface area contributed by atoms with Crippen LogP contribution in [0.15, 0.2) is 0 Å². The van der Waals surface area contributed by atoms with Gasteiger partial charge in [-0.3, -0.25) is 4.79 Å². The first-order valence-electron chi connectivity index (χ1n) is 12.8. The Morgan fingerprint density at radius 1 is 0.516 bits per heavy atom.